The van der Waals surface area contributed by atoms with Gasteiger partial charge >= 0.3 is 5.97 Å². The van der Waals surface area contributed by atoms with Crippen LogP contribution >= 0.6 is 0 Å². The Morgan fingerprint density at radius 2 is 2.05 bits per heavy atom. The van der Waals surface area contributed by atoms with Crippen LogP contribution in [-0.2, 0) is 9.59 Å². The molecule has 1 N–H and O–H groups in total. The number of anilines is 1. The van der Waals surface area contributed by atoms with Crippen molar-refractivity contribution in [3.8, 4) is 5.75 Å². The lowest BCUT2D eigenvalue weighted by Crippen LogP contribution is -2.50. The van der Waals surface area contributed by atoms with E-state index < -0.39 is 17.5 Å². The van der Waals surface area contributed by atoms with E-state index in [2.05, 4.69) is 0 Å². The third-order valence-electron chi connectivity index (χ3n) is 3.76. The molecule has 1 atom stereocenters. The second-order valence-corrected chi connectivity index (χ2v) is 5.57. The minimum Gasteiger partial charge on any atom is -0.478 e. The molecule has 1 unspecified atom stereocenters. The molecular weight excluding hydrogens is 258 g/mol. The van der Waals surface area contributed by atoms with E-state index in [-0.39, 0.29) is 12.5 Å². The smallest absolute Gasteiger partial charge is 0.346 e. The van der Waals surface area contributed by atoms with Crippen molar-refractivity contribution in [1.29, 1.82) is 0 Å². The lowest BCUT2D eigenvalue weighted by Gasteiger charge is -2.37. The molecule has 5 nitrogen and oxygen atoms in total. The first-order valence-corrected chi connectivity index (χ1v) is 6.67. The second kappa shape index (κ2) is 5.15. The van der Waals surface area contributed by atoms with E-state index >= 15 is 0 Å². The number of ether oxygens (including phenoxy) is 1. The van der Waals surface area contributed by atoms with Crippen molar-refractivity contribution in [2.75, 3.05) is 11.4 Å². The summed E-state index contributed by atoms with van der Waals surface area (Å²) in [5.74, 6) is -0.708. The minimum absolute atomic E-state index is 0.0363. The first-order chi connectivity index (χ1) is 9.36. The zero-order valence-electron chi connectivity index (χ0n) is 11.9. The van der Waals surface area contributed by atoms with Gasteiger partial charge in [0.05, 0.1) is 12.2 Å². The fourth-order valence-electron chi connectivity index (χ4n) is 2.07. The monoisotopic (exact) mass is 277 g/mol. The van der Waals surface area contributed by atoms with Gasteiger partial charge in [0.2, 0.25) is 12.0 Å². The van der Waals surface area contributed by atoms with Gasteiger partial charge in [-0.1, -0.05) is 32.9 Å². The van der Waals surface area contributed by atoms with Gasteiger partial charge < -0.3 is 14.7 Å². The molecule has 0 radical (unpaired) electrons. The van der Waals surface area contributed by atoms with Gasteiger partial charge in [0.25, 0.3) is 0 Å². The number of rotatable bonds is 3. The maximum atomic E-state index is 12.7. The maximum Gasteiger partial charge on any atom is 0.346 e. The molecule has 1 heterocycles. The van der Waals surface area contributed by atoms with E-state index in [1.54, 1.807) is 18.2 Å². The van der Waals surface area contributed by atoms with Crippen molar-refractivity contribution >= 4 is 17.6 Å². The predicted molar refractivity (Wildman–Crippen MR) is 74.9 cm³/mol. The number of benzene rings is 1. The molecule has 20 heavy (non-hydrogen) atoms. The molecule has 1 aromatic carbocycles. The Labute approximate surface area is 118 Å². The normalized spacial score (nSPS) is 18.1. The molecular formula is C15H19NO4. The summed E-state index contributed by atoms with van der Waals surface area (Å²) < 4.78 is 5.43. The van der Waals surface area contributed by atoms with Gasteiger partial charge in [-0.05, 0) is 18.6 Å². The molecule has 1 aromatic rings. The third kappa shape index (κ3) is 2.48. The van der Waals surface area contributed by atoms with E-state index in [9.17, 15) is 9.59 Å². The van der Waals surface area contributed by atoms with E-state index in [0.29, 0.717) is 17.9 Å². The van der Waals surface area contributed by atoms with Crippen LogP contribution in [0.15, 0.2) is 24.3 Å². The van der Waals surface area contributed by atoms with Gasteiger partial charge in [-0.25, -0.2) is 4.79 Å². The quantitative estimate of drug-likeness (QED) is 0.920. The highest BCUT2D eigenvalue weighted by Crippen LogP contribution is 2.36. The van der Waals surface area contributed by atoms with Gasteiger partial charge in [-0.3, -0.25) is 4.79 Å². The lowest BCUT2D eigenvalue weighted by molar-refractivity contribution is -0.145. The van der Waals surface area contributed by atoms with Crippen molar-refractivity contribution in [3.05, 3.63) is 24.3 Å². The minimum atomic E-state index is -1.06. The fraction of sp³-hybridized carbons (Fsp3) is 0.467. The molecule has 0 bridgehead atoms. The van der Waals surface area contributed by atoms with Crippen LogP contribution in [0.2, 0.25) is 0 Å². The number of carboxylic acid groups (broad SMARTS) is 1. The first-order valence-electron chi connectivity index (χ1n) is 6.67. The summed E-state index contributed by atoms with van der Waals surface area (Å²) in [6.07, 6.45) is -0.343. The number of amides is 1. The number of nitrogens with zero attached hydrogens (tertiary/aromatic N) is 1. The number of carbonyl (C=O) groups excluding carboxylic acids is 1. The van der Waals surface area contributed by atoms with Gasteiger partial charge in [-0.15, -0.1) is 0 Å². The van der Waals surface area contributed by atoms with Gasteiger partial charge in [0.15, 0.2) is 0 Å². The molecule has 5 heteroatoms. The van der Waals surface area contributed by atoms with Gasteiger partial charge in [0, 0.05) is 5.41 Å². The summed E-state index contributed by atoms with van der Waals surface area (Å²) in [4.78, 5) is 25.4. The molecule has 0 spiro atoms. The Morgan fingerprint density at radius 1 is 1.40 bits per heavy atom. The van der Waals surface area contributed by atoms with Crippen molar-refractivity contribution in [2.45, 2.75) is 33.3 Å². The van der Waals surface area contributed by atoms with Crippen LogP contribution in [0.3, 0.4) is 0 Å². The summed E-state index contributed by atoms with van der Waals surface area (Å²) in [5.41, 5.74) is 0.101. The summed E-state index contributed by atoms with van der Waals surface area (Å²) in [6.45, 7) is 5.71. The van der Waals surface area contributed by atoms with Gasteiger partial charge in [0.1, 0.15) is 5.75 Å². The highest BCUT2D eigenvalue weighted by atomic mass is 16.5. The predicted octanol–water partition coefficient (Wildman–Crippen LogP) is 2.30. The van der Waals surface area contributed by atoms with E-state index in [4.69, 9.17) is 9.84 Å². The van der Waals surface area contributed by atoms with Crippen molar-refractivity contribution in [2.24, 2.45) is 5.41 Å². The molecule has 1 aliphatic rings. The summed E-state index contributed by atoms with van der Waals surface area (Å²) in [6, 6.07) is 7.03. The van der Waals surface area contributed by atoms with Crippen LogP contribution in [0.1, 0.15) is 27.2 Å². The largest absolute Gasteiger partial charge is 0.478 e. The average Bonchev–Trinajstić information content (AvgIpc) is 2.45. The van der Waals surface area contributed by atoms with Crippen molar-refractivity contribution in [1.82, 2.24) is 0 Å². The molecule has 0 saturated carbocycles. The van der Waals surface area contributed by atoms with Crippen LogP contribution in [-0.4, -0.2) is 29.6 Å². The molecule has 2 rings (SSSR count). The Hall–Kier alpha value is -2.04. The molecule has 1 amide bonds. The Morgan fingerprint density at radius 3 is 2.65 bits per heavy atom. The van der Waals surface area contributed by atoms with Crippen LogP contribution < -0.4 is 9.64 Å². The number of fused-ring (bicyclic) bond motifs is 1. The molecule has 0 aromatic heterocycles. The molecule has 0 aliphatic carbocycles. The van der Waals surface area contributed by atoms with Crippen LogP contribution in [0.4, 0.5) is 5.69 Å². The fourth-order valence-corrected chi connectivity index (χ4v) is 2.07. The Balaban J connectivity index is 2.41. The number of carboxylic acids is 1. The summed E-state index contributed by atoms with van der Waals surface area (Å²) >= 11 is 0. The highest BCUT2D eigenvalue weighted by molar-refractivity contribution is 5.99. The Bertz CT molecular complexity index is 538. The number of aliphatic carboxylic acids is 1. The number of para-hydroxylation sites is 2. The third-order valence-corrected chi connectivity index (χ3v) is 3.76. The van der Waals surface area contributed by atoms with Crippen molar-refractivity contribution in [3.63, 3.8) is 0 Å². The van der Waals surface area contributed by atoms with Crippen LogP contribution in [0.25, 0.3) is 0 Å². The molecule has 1 aliphatic heterocycles. The lowest BCUT2D eigenvalue weighted by atomic mass is 9.88. The maximum absolute atomic E-state index is 12.7. The molecule has 108 valence electrons. The zero-order valence-corrected chi connectivity index (χ0v) is 11.9. The van der Waals surface area contributed by atoms with E-state index in [0.717, 1.165) is 0 Å². The van der Waals surface area contributed by atoms with E-state index in [1.165, 1.54) is 4.90 Å². The molecule has 0 fully saturated rings. The first kappa shape index (κ1) is 14.4. The average molecular weight is 277 g/mol. The highest BCUT2D eigenvalue weighted by Gasteiger charge is 2.38. The van der Waals surface area contributed by atoms with Crippen LogP contribution in [0.5, 0.6) is 5.75 Å². The zero-order chi connectivity index (χ0) is 14.9. The number of hydrogen-bond donors (Lipinski definition) is 1. The van der Waals surface area contributed by atoms with Gasteiger partial charge in [-0.2, -0.15) is 0 Å². The Kier molecular flexibility index (Phi) is 3.70. The topological polar surface area (TPSA) is 66.8 Å². The number of carbonyl (C=O) groups is 2. The van der Waals surface area contributed by atoms with Crippen molar-refractivity contribution < 1.29 is 19.4 Å². The second-order valence-electron chi connectivity index (χ2n) is 5.57. The summed E-state index contributed by atoms with van der Waals surface area (Å²) in [5, 5.41) is 9.16. The summed E-state index contributed by atoms with van der Waals surface area (Å²) in [7, 11) is 0. The standard InChI is InChI=1S/C15H19NO4/c1-4-15(2,3)14(19)16-9-12(13(17)18)20-11-8-6-5-7-10(11)16/h5-8,12H,4,9H2,1-3H3,(H,17,18). The van der Waals surface area contributed by atoms with E-state index in [1.807, 2.05) is 26.8 Å². The molecule has 0 saturated heterocycles. The number of hydrogen-bond acceptors (Lipinski definition) is 3. The van der Waals surface area contributed by atoms with Crippen LogP contribution in [0, 0.1) is 5.41 Å². The SMILES string of the molecule is CCC(C)(C)C(=O)N1CC(C(=O)O)Oc2ccccc21.